The number of hydrogen-bond acceptors (Lipinski definition) is 4. The van der Waals surface area contributed by atoms with Gasteiger partial charge >= 0.3 is 0 Å². The second-order valence-corrected chi connectivity index (χ2v) is 11.7. The largest absolute Gasteiger partial charge is 0.454 e. The number of fused-ring (bicyclic) bond motifs is 7. The molecule has 0 aliphatic carbocycles. The molecule has 0 unspecified atom stereocenters. The summed E-state index contributed by atoms with van der Waals surface area (Å²) >= 11 is 0. The molecule has 0 atom stereocenters. The molecule has 0 N–H and O–H groups in total. The van der Waals surface area contributed by atoms with Crippen LogP contribution in [-0.2, 0) is 0 Å². The molecule has 0 saturated carbocycles. The number of para-hydroxylation sites is 2. The van der Waals surface area contributed by atoms with Crippen LogP contribution in [0, 0.1) is 0 Å². The molecule has 0 aliphatic rings. The Balaban J connectivity index is 1.18. The van der Waals surface area contributed by atoms with Crippen molar-refractivity contribution in [2.24, 2.45) is 0 Å². The zero-order valence-corrected chi connectivity index (χ0v) is 26.1. The van der Waals surface area contributed by atoms with E-state index in [0.29, 0.717) is 23.2 Å². The predicted octanol–water partition coefficient (Wildman–Crippen LogP) is 11.5. The van der Waals surface area contributed by atoms with E-state index >= 15 is 0 Å². The normalized spacial score (nSPS) is 14.4. The van der Waals surface area contributed by atoms with Gasteiger partial charge in [0.2, 0.25) is 0 Å². The molecule has 3 heterocycles. The van der Waals surface area contributed by atoms with Gasteiger partial charge in [-0.3, -0.25) is 0 Å². The van der Waals surface area contributed by atoms with Crippen LogP contribution < -0.4 is 0 Å². The number of hydrogen-bond donors (Lipinski definition) is 0. The maximum atomic E-state index is 9.21. The van der Waals surface area contributed by atoms with Crippen LogP contribution in [0.4, 0.5) is 0 Å². The summed E-state index contributed by atoms with van der Waals surface area (Å²) in [4.78, 5) is 14.5. The first kappa shape index (κ1) is 19.8. The Hall–Kier alpha value is -6.85. The van der Waals surface area contributed by atoms with Crippen molar-refractivity contribution in [3.8, 4) is 51.0 Å². The SMILES string of the molecule is [2H]c1c([2H])c([2H])c2c(oc3c2c([2H])c([2H])c2c4c([2H])c([2H])c([2H])c([2H])c4n(-c4ccc(-c5cccc(-c6nc(-c7ccccc7)nc(-c7ccccc7)n6)c5)cc4)c32)c1[2H]. The van der Waals surface area contributed by atoms with Crippen LogP contribution in [0.5, 0.6) is 0 Å². The van der Waals surface area contributed by atoms with Crippen LogP contribution in [0.2, 0.25) is 0 Å². The van der Waals surface area contributed by atoms with E-state index in [9.17, 15) is 1.37 Å². The molecule has 0 aliphatic heterocycles. The zero-order valence-electron chi connectivity index (χ0n) is 36.1. The van der Waals surface area contributed by atoms with E-state index in [4.69, 9.17) is 31.7 Å². The number of nitrogens with zero attached hydrogens (tertiary/aromatic N) is 4. The molecule has 0 amide bonds. The molecule has 0 fully saturated rings. The van der Waals surface area contributed by atoms with Gasteiger partial charge in [0.05, 0.1) is 24.7 Å². The van der Waals surface area contributed by atoms with Crippen molar-refractivity contribution >= 4 is 43.7 Å². The molecular weight excluding hydrogens is 613 g/mol. The highest BCUT2D eigenvalue weighted by molar-refractivity contribution is 6.21. The third kappa shape index (κ3) is 4.60. The number of benzene rings is 7. The lowest BCUT2D eigenvalue weighted by molar-refractivity contribution is 0.671. The lowest BCUT2D eigenvalue weighted by atomic mass is 10.0. The summed E-state index contributed by atoms with van der Waals surface area (Å²) in [5, 5.41) is -0.0441. The number of furan rings is 1. The van der Waals surface area contributed by atoms with Crippen LogP contribution in [0.3, 0.4) is 0 Å². The van der Waals surface area contributed by atoms with Gasteiger partial charge < -0.3 is 8.98 Å². The summed E-state index contributed by atoms with van der Waals surface area (Å²) in [5.41, 5.74) is 4.46. The summed E-state index contributed by atoms with van der Waals surface area (Å²) in [6.45, 7) is 0. The number of rotatable bonds is 5. The zero-order chi connectivity index (χ0) is 41.7. The van der Waals surface area contributed by atoms with Crippen LogP contribution in [0.1, 0.15) is 13.7 Å². The molecule has 50 heavy (non-hydrogen) atoms. The van der Waals surface area contributed by atoms with E-state index in [1.165, 1.54) is 0 Å². The van der Waals surface area contributed by atoms with Crippen molar-refractivity contribution in [3.05, 3.63) is 170 Å². The first-order chi connectivity index (χ1) is 28.9. The Labute approximate surface area is 301 Å². The van der Waals surface area contributed by atoms with E-state index in [2.05, 4.69) is 0 Å². The Morgan fingerprint density at radius 1 is 0.460 bits per heavy atom. The molecule has 7 aromatic carbocycles. The lowest BCUT2D eigenvalue weighted by Crippen LogP contribution is -2.00. The van der Waals surface area contributed by atoms with Gasteiger partial charge in [0, 0.05) is 43.9 Å². The van der Waals surface area contributed by atoms with E-state index in [0.717, 1.165) is 27.8 Å². The highest BCUT2D eigenvalue weighted by Gasteiger charge is 2.19. The molecular formula is C45H28N4O. The van der Waals surface area contributed by atoms with Gasteiger partial charge in [-0.05, 0) is 47.5 Å². The molecule has 5 heteroatoms. The van der Waals surface area contributed by atoms with Crippen LogP contribution in [-0.4, -0.2) is 19.5 Å². The first-order valence-electron chi connectivity index (χ1n) is 20.9. The maximum absolute atomic E-state index is 9.21. The standard InChI is InChI=1S/C45H28N4O/c1-3-12-30(13-4-1)43-46-44(31-14-5-2-6-15-31)48-45(47-43)33-17-11-16-32(28-33)29-22-24-34(25-23-29)49-39-20-9-7-18-35(39)37-26-27-38-36-19-8-10-21-40(36)50-42(38)41(37)49/h1-28H/i7D,8D,9D,10D,18D,19D,20D,21D,26D,27D. The molecule has 10 rings (SSSR count). The third-order valence-electron chi connectivity index (χ3n) is 8.74. The summed E-state index contributed by atoms with van der Waals surface area (Å²) < 4.78 is 95.1. The predicted molar refractivity (Wildman–Crippen MR) is 203 cm³/mol. The minimum atomic E-state index is -0.524. The second-order valence-electron chi connectivity index (χ2n) is 11.7. The van der Waals surface area contributed by atoms with Crippen molar-refractivity contribution < 1.29 is 18.1 Å². The van der Waals surface area contributed by atoms with Gasteiger partial charge in [-0.15, -0.1) is 0 Å². The molecule has 3 aromatic heterocycles. The van der Waals surface area contributed by atoms with Gasteiger partial charge in [0.15, 0.2) is 23.1 Å². The van der Waals surface area contributed by atoms with Gasteiger partial charge in [0.1, 0.15) is 5.58 Å². The van der Waals surface area contributed by atoms with Gasteiger partial charge in [0.25, 0.3) is 0 Å². The minimum absolute atomic E-state index is 0.00952. The average Bonchev–Trinajstić information content (AvgIpc) is 3.87. The van der Waals surface area contributed by atoms with Gasteiger partial charge in [-0.2, -0.15) is 0 Å². The summed E-state index contributed by atoms with van der Waals surface area (Å²) in [7, 11) is 0. The smallest absolute Gasteiger partial charge is 0.164 e. The fraction of sp³-hybridized carbons (Fsp3) is 0. The summed E-state index contributed by atoms with van der Waals surface area (Å²) in [6, 6.07) is 29.9. The third-order valence-corrected chi connectivity index (χ3v) is 8.74. The highest BCUT2D eigenvalue weighted by Crippen LogP contribution is 2.40. The average molecular weight is 651 g/mol. The summed E-state index contributed by atoms with van der Waals surface area (Å²) in [6.07, 6.45) is 0. The van der Waals surface area contributed by atoms with Crippen LogP contribution in [0.15, 0.2) is 174 Å². The van der Waals surface area contributed by atoms with Crippen LogP contribution >= 0.6 is 0 Å². The monoisotopic (exact) mass is 650 g/mol. The molecule has 0 bridgehead atoms. The quantitative estimate of drug-likeness (QED) is 0.186. The van der Waals surface area contributed by atoms with Crippen molar-refractivity contribution in [1.29, 1.82) is 0 Å². The molecule has 0 spiro atoms. The molecule has 10 aromatic rings. The second kappa shape index (κ2) is 11.4. The highest BCUT2D eigenvalue weighted by atomic mass is 16.3. The fourth-order valence-corrected chi connectivity index (χ4v) is 6.40. The first-order valence-corrected chi connectivity index (χ1v) is 15.9. The number of aromatic nitrogens is 4. The van der Waals surface area contributed by atoms with E-state index in [1.54, 1.807) is 16.7 Å². The Bertz CT molecular complexity index is 3370. The van der Waals surface area contributed by atoms with Crippen molar-refractivity contribution in [1.82, 2.24) is 19.5 Å². The van der Waals surface area contributed by atoms with E-state index in [1.807, 2.05) is 97.1 Å². The molecule has 234 valence electrons. The van der Waals surface area contributed by atoms with E-state index < -0.39 is 48.3 Å². The van der Waals surface area contributed by atoms with Crippen LogP contribution in [0.25, 0.3) is 94.7 Å². The minimum Gasteiger partial charge on any atom is -0.454 e. The van der Waals surface area contributed by atoms with Gasteiger partial charge in [-0.1, -0.05) is 133 Å². The Kier molecular flexibility index (Phi) is 4.52. The van der Waals surface area contributed by atoms with Gasteiger partial charge in [-0.25, -0.2) is 15.0 Å². The Morgan fingerprint density at radius 2 is 1.04 bits per heavy atom. The maximum Gasteiger partial charge on any atom is 0.164 e. The summed E-state index contributed by atoms with van der Waals surface area (Å²) in [5.74, 6) is 1.55. The van der Waals surface area contributed by atoms with Crippen molar-refractivity contribution in [3.63, 3.8) is 0 Å². The fourth-order valence-electron chi connectivity index (χ4n) is 6.40. The molecule has 5 nitrogen and oxygen atoms in total. The van der Waals surface area contributed by atoms with Crippen molar-refractivity contribution in [2.45, 2.75) is 0 Å². The van der Waals surface area contributed by atoms with Crippen molar-refractivity contribution in [2.75, 3.05) is 0 Å². The van der Waals surface area contributed by atoms with E-state index in [-0.39, 0.29) is 55.8 Å². The Morgan fingerprint density at radius 3 is 1.76 bits per heavy atom. The topological polar surface area (TPSA) is 56.7 Å². The lowest BCUT2D eigenvalue weighted by Gasteiger charge is -2.11. The molecule has 0 radical (unpaired) electrons. The molecule has 0 saturated heterocycles.